The van der Waals surface area contributed by atoms with Gasteiger partial charge >= 0.3 is 6.09 Å². The molecule has 2 saturated heterocycles. The van der Waals surface area contributed by atoms with Crippen molar-refractivity contribution in [2.24, 2.45) is 0 Å². The molecule has 47 heavy (non-hydrogen) atoms. The molecule has 0 saturated carbocycles. The fraction of sp³-hybridized carbons (Fsp3) is 0.441. The number of anilines is 2. The number of rotatable bonds is 14. The van der Waals surface area contributed by atoms with Gasteiger partial charge in [-0.15, -0.1) is 0 Å². The molecule has 0 bridgehead atoms. The number of carbonyl (C=O) groups excluding carboxylic acids is 2. The van der Waals surface area contributed by atoms with Crippen molar-refractivity contribution < 1.29 is 32.2 Å². The third-order valence-electron chi connectivity index (χ3n) is 8.31. The SMILES string of the molecule is O=C(NCCN1CCCC1)OC[C@@H]1CO[C@H](CCc2c(F)cncc2N[C@@H](Cc2ccc(F)cc2)C(=O)Nc2ccc(F)cc2)CN1. The molecule has 10 nitrogen and oxygen atoms in total. The number of benzene rings is 2. The lowest BCUT2D eigenvalue weighted by Crippen LogP contribution is -2.49. The van der Waals surface area contributed by atoms with Crippen molar-refractivity contribution in [1.29, 1.82) is 0 Å². The van der Waals surface area contributed by atoms with E-state index >= 15 is 4.39 Å². The number of aromatic nitrogens is 1. The van der Waals surface area contributed by atoms with Crippen molar-refractivity contribution in [1.82, 2.24) is 20.5 Å². The lowest BCUT2D eigenvalue weighted by molar-refractivity contribution is -0.116. The Balaban J connectivity index is 1.13. The maximum Gasteiger partial charge on any atom is 0.407 e. The van der Waals surface area contributed by atoms with Crippen LogP contribution in [-0.4, -0.2) is 86.0 Å². The standard InChI is InChI=1S/C34H41F3N6O4/c35-24-5-3-23(4-6-24)17-31(33(44)41-26-9-7-25(36)8-10-26)42-32-20-38-19-30(37)29(32)12-11-28-18-40-27(21-46-28)22-47-34(45)39-13-16-43-14-1-2-15-43/h3-10,19-20,27-28,31,40,42H,1-2,11-18,21-22H2,(H,39,45)(H,41,44)/t27-,28+,31-/m0/s1. The van der Waals surface area contributed by atoms with E-state index in [2.05, 4.69) is 31.2 Å². The summed E-state index contributed by atoms with van der Waals surface area (Å²) in [7, 11) is 0. The third kappa shape index (κ3) is 10.7. The molecule has 4 N–H and O–H groups in total. The van der Waals surface area contributed by atoms with Gasteiger partial charge in [-0.05, 0) is 80.7 Å². The van der Waals surface area contributed by atoms with Crippen LogP contribution in [0.1, 0.15) is 30.4 Å². The normalized spacial score (nSPS) is 18.8. The van der Waals surface area contributed by atoms with E-state index in [9.17, 15) is 18.4 Å². The molecule has 13 heteroatoms. The number of carbonyl (C=O) groups is 2. The Kier molecular flexibility index (Phi) is 12.4. The average molecular weight is 655 g/mol. The molecule has 0 aliphatic carbocycles. The second-order valence-electron chi connectivity index (χ2n) is 11.8. The van der Waals surface area contributed by atoms with Crippen molar-refractivity contribution in [2.75, 3.05) is 56.6 Å². The molecule has 2 aliphatic rings. The maximum absolute atomic E-state index is 15.1. The first kappa shape index (κ1) is 34.1. The van der Waals surface area contributed by atoms with Gasteiger partial charge in [0.15, 0.2) is 0 Å². The highest BCUT2D eigenvalue weighted by Crippen LogP contribution is 2.23. The summed E-state index contributed by atoms with van der Waals surface area (Å²) in [6, 6.07) is 10.1. The first-order valence-corrected chi connectivity index (χ1v) is 16.0. The van der Waals surface area contributed by atoms with Crippen LogP contribution < -0.4 is 21.3 Å². The number of halogens is 3. The van der Waals surface area contributed by atoms with E-state index in [0.29, 0.717) is 55.0 Å². The van der Waals surface area contributed by atoms with E-state index in [1.165, 1.54) is 55.4 Å². The Morgan fingerprint density at radius 3 is 2.45 bits per heavy atom. The monoisotopic (exact) mass is 654 g/mol. The summed E-state index contributed by atoms with van der Waals surface area (Å²) in [5.74, 6) is -1.81. The molecule has 2 aromatic carbocycles. The topological polar surface area (TPSA) is 117 Å². The summed E-state index contributed by atoms with van der Waals surface area (Å²) in [6.07, 6.45) is 5.27. The predicted molar refractivity (Wildman–Crippen MR) is 172 cm³/mol. The largest absolute Gasteiger partial charge is 0.448 e. The zero-order valence-corrected chi connectivity index (χ0v) is 26.2. The molecule has 252 valence electrons. The van der Waals surface area contributed by atoms with E-state index in [-0.39, 0.29) is 25.2 Å². The van der Waals surface area contributed by atoms with Crippen LogP contribution in [0.25, 0.3) is 0 Å². The number of likely N-dealkylation sites (tertiary alicyclic amines) is 1. The van der Waals surface area contributed by atoms with Crippen molar-refractivity contribution >= 4 is 23.4 Å². The smallest absolute Gasteiger partial charge is 0.407 e. The molecular formula is C34H41F3N6O4. The second kappa shape index (κ2) is 17.1. The van der Waals surface area contributed by atoms with Crippen molar-refractivity contribution in [3.05, 3.63) is 89.5 Å². The molecule has 0 unspecified atom stereocenters. The van der Waals surface area contributed by atoms with Crippen LogP contribution in [0.15, 0.2) is 60.9 Å². The molecule has 0 spiro atoms. The zero-order chi connectivity index (χ0) is 33.0. The van der Waals surface area contributed by atoms with E-state index in [4.69, 9.17) is 9.47 Å². The zero-order valence-electron chi connectivity index (χ0n) is 26.2. The Labute approximate surface area is 272 Å². The Bertz CT molecular complexity index is 1450. The van der Waals surface area contributed by atoms with Crippen LogP contribution in [0.4, 0.5) is 29.3 Å². The number of amides is 2. The van der Waals surface area contributed by atoms with Crippen LogP contribution in [0, 0.1) is 17.5 Å². The van der Waals surface area contributed by atoms with Gasteiger partial charge in [0.1, 0.15) is 30.1 Å². The van der Waals surface area contributed by atoms with Gasteiger partial charge < -0.3 is 35.6 Å². The summed E-state index contributed by atoms with van der Waals surface area (Å²) in [5.41, 5.74) is 1.77. The Morgan fingerprint density at radius 2 is 1.74 bits per heavy atom. The summed E-state index contributed by atoms with van der Waals surface area (Å²) >= 11 is 0. The average Bonchev–Trinajstić information content (AvgIpc) is 3.59. The summed E-state index contributed by atoms with van der Waals surface area (Å²) in [4.78, 5) is 31.8. The fourth-order valence-corrected chi connectivity index (χ4v) is 5.67. The lowest BCUT2D eigenvalue weighted by Gasteiger charge is -2.30. The number of ether oxygens (including phenoxy) is 2. The van der Waals surface area contributed by atoms with Crippen molar-refractivity contribution in [3.8, 4) is 0 Å². The molecule has 1 aromatic heterocycles. The van der Waals surface area contributed by atoms with Gasteiger partial charge in [-0.1, -0.05) is 12.1 Å². The minimum Gasteiger partial charge on any atom is -0.448 e. The first-order valence-electron chi connectivity index (χ1n) is 16.0. The van der Waals surface area contributed by atoms with Crippen molar-refractivity contribution in [3.63, 3.8) is 0 Å². The number of nitrogens with zero attached hydrogens (tertiary/aromatic N) is 2. The van der Waals surface area contributed by atoms with Gasteiger partial charge in [0.2, 0.25) is 5.91 Å². The molecule has 2 fully saturated rings. The Hall–Kier alpha value is -4.20. The van der Waals surface area contributed by atoms with Gasteiger partial charge in [-0.2, -0.15) is 0 Å². The molecule has 2 aliphatic heterocycles. The summed E-state index contributed by atoms with van der Waals surface area (Å²) < 4.78 is 53.4. The lowest BCUT2D eigenvalue weighted by atomic mass is 10.0. The fourth-order valence-electron chi connectivity index (χ4n) is 5.67. The Morgan fingerprint density at radius 1 is 1.02 bits per heavy atom. The molecular weight excluding hydrogens is 613 g/mol. The van der Waals surface area contributed by atoms with E-state index in [1.54, 1.807) is 12.1 Å². The molecule has 2 amide bonds. The maximum atomic E-state index is 15.1. The van der Waals surface area contributed by atoms with E-state index in [0.717, 1.165) is 25.8 Å². The first-order chi connectivity index (χ1) is 22.8. The highest BCUT2D eigenvalue weighted by Gasteiger charge is 2.25. The minimum atomic E-state index is -0.890. The highest BCUT2D eigenvalue weighted by molar-refractivity contribution is 5.96. The van der Waals surface area contributed by atoms with Gasteiger partial charge in [0.25, 0.3) is 0 Å². The van der Waals surface area contributed by atoms with Gasteiger partial charge in [0, 0.05) is 37.3 Å². The molecule has 5 rings (SSSR count). The minimum absolute atomic E-state index is 0.155. The number of nitrogens with one attached hydrogen (secondary N) is 4. The van der Waals surface area contributed by atoms with Gasteiger partial charge in [0.05, 0.1) is 36.8 Å². The quantitative estimate of drug-likeness (QED) is 0.204. The second-order valence-corrected chi connectivity index (χ2v) is 11.8. The van der Waals surface area contributed by atoms with Crippen LogP contribution >= 0.6 is 0 Å². The molecule has 3 aromatic rings. The van der Waals surface area contributed by atoms with E-state index < -0.39 is 35.5 Å². The number of morpholine rings is 1. The highest BCUT2D eigenvalue weighted by atomic mass is 19.1. The third-order valence-corrected chi connectivity index (χ3v) is 8.31. The van der Waals surface area contributed by atoms with E-state index in [1.807, 2.05) is 0 Å². The number of pyridine rings is 1. The number of hydrogen-bond donors (Lipinski definition) is 4. The van der Waals surface area contributed by atoms with Crippen LogP contribution in [-0.2, 0) is 27.1 Å². The summed E-state index contributed by atoms with van der Waals surface area (Å²) in [5, 5.41) is 12.0. The van der Waals surface area contributed by atoms with Crippen LogP contribution in [0.5, 0.6) is 0 Å². The number of hydrogen-bond acceptors (Lipinski definition) is 8. The van der Waals surface area contributed by atoms with Crippen LogP contribution in [0.2, 0.25) is 0 Å². The molecule has 3 heterocycles. The summed E-state index contributed by atoms with van der Waals surface area (Å²) in [6.45, 7) is 4.50. The predicted octanol–water partition coefficient (Wildman–Crippen LogP) is 4.27. The van der Waals surface area contributed by atoms with Crippen LogP contribution in [0.3, 0.4) is 0 Å². The number of alkyl carbamates (subject to hydrolysis) is 1. The van der Waals surface area contributed by atoms with Gasteiger partial charge in [-0.3, -0.25) is 9.78 Å². The molecule has 3 atom stereocenters. The molecule has 0 radical (unpaired) electrons. The van der Waals surface area contributed by atoms with Gasteiger partial charge in [-0.25, -0.2) is 18.0 Å². The van der Waals surface area contributed by atoms with Crippen molar-refractivity contribution in [2.45, 2.75) is 50.3 Å².